The molecule has 0 atom stereocenters. The first-order valence-electron chi connectivity index (χ1n) is 8.48. The van der Waals surface area contributed by atoms with Crippen molar-refractivity contribution in [2.45, 2.75) is 6.42 Å². The highest BCUT2D eigenvalue weighted by Gasteiger charge is 2.23. The van der Waals surface area contributed by atoms with Crippen molar-refractivity contribution in [3.05, 3.63) is 71.5 Å². The molecule has 2 aromatic carbocycles. The number of rotatable bonds is 6. The summed E-state index contributed by atoms with van der Waals surface area (Å²) in [7, 11) is 3.94. The Bertz CT molecular complexity index is 916. The van der Waals surface area contributed by atoms with Gasteiger partial charge in [0, 0.05) is 12.1 Å². The van der Waals surface area contributed by atoms with E-state index in [0.717, 1.165) is 23.4 Å². The highest BCUT2D eigenvalue weighted by molar-refractivity contribution is 6.03. The molecule has 0 aliphatic heterocycles. The molecule has 0 bridgehead atoms. The van der Waals surface area contributed by atoms with Crippen molar-refractivity contribution < 1.29 is 9.18 Å². The van der Waals surface area contributed by atoms with Gasteiger partial charge < -0.3 is 15.6 Å². The van der Waals surface area contributed by atoms with E-state index in [1.165, 1.54) is 12.1 Å². The van der Waals surface area contributed by atoms with Crippen LogP contribution in [0.4, 0.5) is 4.39 Å². The Labute approximate surface area is 152 Å². The maximum atomic E-state index is 13.8. The van der Waals surface area contributed by atoms with Gasteiger partial charge in [-0.3, -0.25) is 4.79 Å². The van der Waals surface area contributed by atoms with Crippen molar-refractivity contribution in [2.24, 2.45) is 5.73 Å². The molecule has 0 aliphatic rings. The number of nitrogens with one attached hydrogen (secondary N) is 1. The van der Waals surface area contributed by atoms with Crippen molar-refractivity contribution in [1.29, 1.82) is 0 Å². The smallest absolute Gasteiger partial charge is 0.251 e. The molecule has 0 saturated carbocycles. The Hall–Kier alpha value is -2.92. The van der Waals surface area contributed by atoms with Crippen LogP contribution in [0.1, 0.15) is 15.9 Å². The summed E-state index contributed by atoms with van der Waals surface area (Å²) in [5.74, 6) is -0.811. The van der Waals surface area contributed by atoms with E-state index < -0.39 is 5.91 Å². The first kappa shape index (κ1) is 17.9. The van der Waals surface area contributed by atoms with Gasteiger partial charge in [0.05, 0.1) is 17.0 Å². The van der Waals surface area contributed by atoms with Crippen molar-refractivity contribution in [2.75, 3.05) is 20.6 Å². The minimum Gasteiger partial charge on any atom is -0.366 e. The topological polar surface area (TPSA) is 62.1 Å². The maximum Gasteiger partial charge on any atom is 0.251 e. The van der Waals surface area contributed by atoms with Crippen LogP contribution >= 0.6 is 0 Å². The molecule has 0 saturated heterocycles. The largest absolute Gasteiger partial charge is 0.366 e. The molecular weight excluding hydrogens is 329 g/mol. The Balaban J connectivity index is 2.23. The van der Waals surface area contributed by atoms with Crippen molar-refractivity contribution in [3.8, 4) is 22.5 Å². The average molecular weight is 351 g/mol. The summed E-state index contributed by atoms with van der Waals surface area (Å²) in [5.41, 5.74) is 9.99. The zero-order chi connectivity index (χ0) is 18.7. The number of likely N-dealkylation sites (N-methyl/N-ethyl adjacent to an activating group) is 1. The third-order valence-corrected chi connectivity index (χ3v) is 4.33. The number of halogens is 1. The van der Waals surface area contributed by atoms with Crippen molar-refractivity contribution >= 4 is 5.91 Å². The van der Waals surface area contributed by atoms with Gasteiger partial charge in [0.15, 0.2) is 0 Å². The average Bonchev–Trinajstić information content (AvgIpc) is 3.00. The van der Waals surface area contributed by atoms with Crippen LogP contribution in [0, 0.1) is 5.82 Å². The fourth-order valence-corrected chi connectivity index (χ4v) is 3.11. The summed E-state index contributed by atoms with van der Waals surface area (Å²) >= 11 is 0. The minimum atomic E-state index is -0.489. The van der Waals surface area contributed by atoms with Crippen LogP contribution in [-0.4, -0.2) is 36.4 Å². The summed E-state index contributed by atoms with van der Waals surface area (Å²) in [5, 5.41) is 0. The summed E-state index contributed by atoms with van der Waals surface area (Å²) in [6.07, 6.45) is 0.625. The number of hydrogen-bond donors (Lipinski definition) is 2. The molecule has 3 rings (SSSR count). The Morgan fingerprint density at radius 3 is 2.35 bits per heavy atom. The normalized spacial score (nSPS) is 11.1. The number of amides is 1. The molecule has 0 aliphatic carbocycles. The number of aromatic amines is 1. The van der Waals surface area contributed by atoms with E-state index in [0.29, 0.717) is 23.2 Å². The van der Waals surface area contributed by atoms with Gasteiger partial charge in [0.25, 0.3) is 5.91 Å². The molecule has 3 N–H and O–H groups in total. The number of nitrogens with two attached hydrogens (primary N) is 1. The van der Waals surface area contributed by atoms with Gasteiger partial charge in [-0.25, -0.2) is 4.39 Å². The molecular formula is C21H22FN3O. The van der Waals surface area contributed by atoms with Crippen LogP contribution in [0.25, 0.3) is 22.5 Å². The highest BCUT2D eigenvalue weighted by atomic mass is 19.1. The number of carbonyl (C=O) groups excluding carboxylic acids is 1. The number of primary amides is 1. The van der Waals surface area contributed by atoms with Gasteiger partial charge in [-0.2, -0.15) is 0 Å². The standard InChI is InChI=1S/C21H22FN3O/c1-25(2)12-11-17-18(21(23)26)20(14-7-4-3-5-8-14)24-19(17)15-9-6-10-16(22)13-15/h3-10,13,24H,11-12H2,1-2H3,(H2,23,26). The SMILES string of the molecule is CN(C)CCc1c(-c2cccc(F)c2)[nH]c(-c2ccccc2)c1C(N)=O. The number of hydrogen-bond acceptors (Lipinski definition) is 2. The fourth-order valence-electron chi connectivity index (χ4n) is 3.11. The molecule has 0 unspecified atom stereocenters. The van der Waals surface area contributed by atoms with Crippen LogP contribution < -0.4 is 5.73 Å². The van der Waals surface area contributed by atoms with Crippen LogP contribution in [0.5, 0.6) is 0 Å². The van der Waals surface area contributed by atoms with Gasteiger partial charge in [-0.1, -0.05) is 42.5 Å². The molecule has 26 heavy (non-hydrogen) atoms. The van der Waals surface area contributed by atoms with Crippen LogP contribution in [0.15, 0.2) is 54.6 Å². The lowest BCUT2D eigenvalue weighted by Gasteiger charge is -2.11. The van der Waals surface area contributed by atoms with Crippen LogP contribution in [0.3, 0.4) is 0 Å². The zero-order valence-corrected chi connectivity index (χ0v) is 14.9. The number of nitrogens with zero attached hydrogens (tertiary/aromatic N) is 1. The third-order valence-electron chi connectivity index (χ3n) is 4.33. The first-order chi connectivity index (χ1) is 12.5. The molecule has 134 valence electrons. The summed E-state index contributed by atoms with van der Waals surface area (Å²) < 4.78 is 13.8. The third kappa shape index (κ3) is 3.68. The van der Waals surface area contributed by atoms with Gasteiger partial charge in [0.2, 0.25) is 0 Å². The molecule has 0 spiro atoms. The zero-order valence-electron chi connectivity index (χ0n) is 14.9. The monoisotopic (exact) mass is 351 g/mol. The maximum absolute atomic E-state index is 13.8. The van der Waals surface area contributed by atoms with Gasteiger partial charge in [0.1, 0.15) is 5.82 Å². The quantitative estimate of drug-likeness (QED) is 0.711. The molecule has 5 heteroatoms. The van der Waals surface area contributed by atoms with Crippen molar-refractivity contribution in [1.82, 2.24) is 9.88 Å². The molecule has 0 fully saturated rings. The highest BCUT2D eigenvalue weighted by Crippen LogP contribution is 2.34. The van der Waals surface area contributed by atoms with E-state index in [-0.39, 0.29) is 5.82 Å². The van der Waals surface area contributed by atoms with Gasteiger partial charge >= 0.3 is 0 Å². The van der Waals surface area contributed by atoms with E-state index in [1.54, 1.807) is 6.07 Å². The Kier molecular flexibility index (Phi) is 5.19. The van der Waals surface area contributed by atoms with Gasteiger partial charge in [-0.05, 0) is 43.8 Å². The van der Waals surface area contributed by atoms with Crippen molar-refractivity contribution in [3.63, 3.8) is 0 Å². The van der Waals surface area contributed by atoms with E-state index in [2.05, 4.69) is 4.98 Å². The Morgan fingerprint density at radius 1 is 1.04 bits per heavy atom. The summed E-state index contributed by atoms with van der Waals surface area (Å²) in [6.45, 7) is 0.745. The molecule has 0 radical (unpaired) electrons. The lowest BCUT2D eigenvalue weighted by molar-refractivity contribution is 0.1000. The predicted molar refractivity (Wildman–Crippen MR) is 102 cm³/mol. The fraction of sp³-hybridized carbons (Fsp3) is 0.190. The predicted octanol–water partition coefficient (Wildman–Crippen LogP) is 3.69. The van der Waals surface area contributed by atoms with E-state index in [4.69, 9.17) is 5.73 Å². The second kappa shape index (κ2) is 7.54. The molecule has 1 aromatic heterocycles. The van der Waals surface area contributed by atoms with E-state index in [9.17, 15) is 9.18 Å². The minimum absolute atomic E-state index is 0.322. The lowest BCUT2D eigenvalue weighted by atomic mass is 9.98. The van der Waals surface area contributed by atoms with E-state index >= 15 is 0 Å². The number of aromatic nitrogens is 1. The van der Waals surface area contributed by atoms with Crippen LogP contribution in [-0.2, 0) is 6.42 Å². The molecule has 3 aromatic rings. The first-order valence-corrected chi connectivity index (χ1v) is 8.48. The molecule has 1 heterocycles. The number of carbonyl (C=O) groups is 1. The Morgan fingerprint density at radius 2 is 1.73 bits per heavy atom. The van der Waals surface area contributed by atoms with Gasteiger partial charge in [-0.15, -0.1) is 0 Å². The van der Waals surface area contributed by atoms with E-state index in [1.807, 2.05) is 55.4 Å². The lowest BCUT2D eigenvalue weighted by Crippen LogP contribution is -2.18. The molecule has 4 nitrogen and oxygen atoms in total. The molecule has 1 amide bonds. The number of H-pyrrole nitrogens is 1. The summed E-state index contributed by atoms with van der Waals surface area (Å²) in [4.78, 5) is 17.7. The van der Waals surface area contributed by atoms with Crippen LogP contribution in [0.2, 0.25) is 0 Å². The second-order valence-electron chi connectivity index (χ2n) is 6.52. The second-order valence-corrected chi connectivity index (χ2v) is 6.52. The number of benzene rings is 2. The summed E-state index contributed by atoms with van der Waals surface area (Å²) in [6, 6.07) is 15.9.